The summed E-state index contributed by atoms with van der Waals surface area (Å²) in [6, 6.07) is 16.5. The molecule has 1 aliphatic heterocycles. The van der Waals surface area contributed by atoms with E-state index in [0.717, 1.165) is 16.8 Å². The van der Waals surface area contributed by atoms with Gasteiger partial charge >= 0.3 is 0 Å². The van der Waals surface area contributed by atoms with Gasteiger partial charge in [-0.3, -0.25) is 4.79 Å². The number of carbonyl (C=O) groups excluding carboxylic acids is 1. The Bertz CT molecular complexity index is 1070. The number of nitrogens with one attached hydrogen (secondary N) is 2. The fourth-order valence-electron chi connectivity index (χ4n) is 4.02. The molecule has 1 aliphatic carbocycles. The van der Waals surface area contributed by atoms with Gasteiger partial charge in [-0.1, -0.05) is 42.5 Å². The van der Waals surface area contributed by atoms with Crippen LogP contribution < -0.4 is 10.6 Å². The fourth-order valence-corrected chi connectivity index (χ4v) is 4.02. The van der Waals surface area contributed by atoms with E-state index in [1.54, 1.807) is 18.2 Å². The van der Waals surface area contributed by atoms with Gasteiger partial charge in [0.05, 0.1) is 6.04 Å². The number of benzene rings is 2. The lowest BCUT2D eigenvalue weighted by Crippen LogP contribution is -2.27. The van der Waals surface area contributed by atoms with Crippen LogP contribution in [0.3, 0.4) is 0 Å². The maximum absolute atomic E-state index is 13.2. The number of fused-ring (bicyclic) bond motifs is 1. The monoisotopic (exact) mass is 374 g/mol. The van der Waals surface area contributed by atoms with Crippen LogP contribution in [-0.4, -0.2) is 21.2 Å². The molecule has 0 bridgehead atoms. The van der Waals surface area contributed by atoms with Crippen LogP contribution in [0.5, 0.6) is 5.75 Å². The molecule has 2 atom stereocenters. The Morgan fingerprint density at radius 1 is 0.964 bits per heavy atom. The molecule has 3 aromatic rings. The molecule has 1 aromatic heterocycles. The minimum absolute atomic E-state index is 0.0607. The molecule has 2 heterocycles. The van der Waals surface area contributed by atoms with Gasteiger partial charge in [0.1, 0.15) is 5.75 Å². The van der Waals surface area contributed by atoms with Crippen LogP contribution in [0.4, 0.5) is 11.6 Å². The smallest absolute Gasteiger partial charge is 0.219 e. The molecule has 140 valence electrons. The second kappa shape index (κ2) is 6.53. The molecule has 0 amide bonds. The van der Waals surface area contributed by atoms with E-state index in [4.69, 9.17) is 4.63 Å². The van der Waals surface area contributed by atoms with Crippen molar-refractivity contribution in [2.75, 3.05) is 10.6 Å². The van der Waals surface area contributed by atoms with Crippen LogP contribution in [0.2, 0.25) is 0 Å². The molecule has 7 nitrogen and oxygen atoms in total. The predicted molar refractivity (Wildman–Crippen MR) is 103 cm³/mol. The van der Waals surface area contributed by atoms with Crippen molar-refractivity contribution in [2.24, 2.45) is 0 Å². The van der Waals surface area contributed by atoms with Crippen LogP contribution in [-0.2, 0) is 4.79 Å². The average molecular weight is 374 g/mol. The Labute approximate surface area is 161 Å². The standard InChI is InChI=1S/C21H18N4O3/c26-15-8-4-7-13(9-15)19-18-16(22-20-21(23-19)25-28-24-20)10-14(11-17(18)27)12-5-2-1-3-6-12/h1-9,14,19,26H,10-11H2,(H,22,24)(H,23,25). The third-order valence-corrected chi connectivity index (χ3v) is 5.31. The van der Waals surface area contributed by atoms with Crippen LogP contribution in [0.15, 0.2) is 70.5 Å². The van der Waals surface area contributed by atoms with Crippen molar-refractivity contribution in [3.63, 3.8) is 0 Å². The largest absolute Gasteiger partial charge is 0.508 e. The number of rotatable bonds is 2. The second-order valence-corrected chi connectivity index (χ2v) is 7.09. The topological polar surface area (TPSA) is 100 Å². The number of hydrogen-bond donors (Lipinski definition) is 3. The third-order valence-electron chi connectivity index (χ3n) is 5.31. The highest BCUT2D eigenvalue weighted by Crippen LogP contribution is 2.43. The minimum Gasteiger partial charge on any atom is -0.508 e. The van der Waals surface area contributed by atoms with Crippen molar-refractivity contribution in [1.82, 2.24) is 10.3 Å². The maximum atomic E-state index is 13.2. The van der Waals surface area contributed by atoms with E-state index in [-0.39, 0.29) is 17.5 Å². The van der Waals surface area contributed by atoms with Crippen molar-refractivity contribution < 1.29 is 14.5 Å². The summed E-state index contributed by atoms with van der Waals surface area (Å²) in [5.74, 6) is 1.18. The first-order valence-electron chi connectivity index (χ1n) is 9.15. The van der Waals surface area contributed by atoms with Crippen LogP contribution in [0.1, 0.15) is 35.9 Å². The number of nitrogens with zero attached hydrogens (tertiary/aromatic N) is 2. The predicted octanol–water partition coefficient (Wildman–Crippen LogP) is 3.75. The number of aromatic hydroxyl groups is 1. The van der Waals surface area contributed by atoms with Crippen molar-refractivity contribution in [1.29, 1.82) is 0 Å². The number of Topliss-reactive ketones (excluding diaryl/α,β-unsaturated/α-hetero) is 1. The highest BCUT2D eigenvalue weighted by Gasteiger charge is 2.37. The molecule has 2 unspecified atom stereocenters. The van der Waals surface area contributed by atoms with Crippen LogP contribution in [0.25, 0.3) is 0 Å². The van der Waals surface area contributed by atoms with Crippen molar-refractivity contribution in [3.05, 3.63) is 77.0 Å². The minimum atomic E-state index is -0.452. The summed E-state index contributed by atoms with van der Waals surface area (Å²) in [5.41, 5.74) is 3.36. The summed E-state index contributed by atoms with van der Waals surface area (Å²) in [4.78, 5) is 13.2. The molecule has 7 heteroatoms. The highest BCUT2D eigenvalue weighted by molar-refractivity contribution is 6.00. The van der Waals surface area contributed by atoms with Gasteiger partial charge in [-0.15, -0.1) is 0 Å². The Morgan fingerprint density at radius 3 is 2.57 bits per heavy atom. The lowest BCUT2D eigenvalue weighted by Gasteiger charge is -2.29. The van der Waals surface area contributed by atoms with Gasteiger partial charge in [-0.05, 0) is 45.9 Å². The van der Waals surface area contributed by atoms with Gasteiger partial charge in [-0.25, -0.2) is 4.63 Å². The molecule has 2 aliphatic rings. The van der Waals surface area contributed by atoms with Crippen molar-refractivity contribution in [2.45, 2.75) is 24.8 Å². The molecule has 2 aromatic carbocycles. The SMILES string of the molecule is O=C1CC(c2ccccc2)CC2=C1C(c1cccc(O)c1)Nc1nonc1N2. The van der Waals surface area contributed by atoms with E-state index in [0.29, 0.717) is 30.1 Å². The number of carbonyl (C=O) groups is 1. The molecular weight excluding hydrogens is 356 g/mol. The summed E-state index contributed by atoms with van der Waals surface area (Å²) in [6.07, 6.45) is 1.10. The maximum Gasteiger partial charge on any atom is 0.219 e. The summed E-state index contributed by atoms with van der Waals surface area (Å²) in [5, 5.41) is 24.3. The van der Waals surface area contributed by atoms with Crippen LogP contribution in [0, 0.1) is 0 Å². The van der Waals surface area contributed by atoms with Gasteiger partial charge in [0.15, 0.2) is 5.78 Å². The molecule has 5 rings (SSSR count). The number of hydrogen-bond acceptors (Lipinski definition) is 7. The van der Waals surface area contributed by atoms with E-state index in [9.17, 15) is 9.90 Å². The zero-order chi connectivity index (χ0) is 19.1. The molecule has 0 spiro atoms. The normalized spacial score (nSPS) is 21.2. The first-order valence-corrected chi connectivity index (χ1v) is 9.15. The van der Waals surface area contributed by atoms with E-state index < -0.39 is 6.04 Å². The number of allylic oxidation sites excluding steroid dienone is 1. The number of phenols is 1. The quantitative estimate of drug-likeness (QED) is 0.628. The zero-order valence-electron chi connectivity index (χ0n) is 14.9. The third kappa shape index (κ3) is 2.81. The number of phenolic OH excluding ortho intramolecular Hbond substituents is 1. The van der Waals surface area contributed by atoms with E-state index >= 15 is 0 Å². The zero-order valence-corrected chi connectivity index (χ0v) is 14.9. The Kier molecular flexibility index (Phi) is 3.86. The molecule has 0 radical (unpaired) electrons. The van der Waals surface area contributed by atoms with Crippen molar-refractivity contribution >= 4 is 17.4 Å². The number of anilines is 2. The van der Waals surface area contributed by atoms with E-state index in [1.807, 2.05) is 36.4 Å². The molecule has 28 heavy (non-hydrogen) atoms. The Morgan fingerprint density at radius 2 is 1.75 bits per heavy atom. The first-order chi connectivity index (χ1) is 13.7. The summed E-state index contributed by atoms with van der Waals surface area (Å²) >= 11 is 0. The Hall–Kier alpha value is -3.61. The number of aromatic nitrogens is 2. The highest BCUT2D eigenvalue weighted by atomic mass is 16.6. The average Bonchev–Trinajstić information content (AvgIpc) is 3.07. The molecule has 0 saturated carbocycles. The second-order valence-electron chi connectivity index (χ2n) is 7.09. The van der Waals surface area contributed by atoms with Crippen molar-refractivity contribution in [3.8, 4) is 5.75 Å². The van der Waals surface area contributed by atoms with Gasteiger partial charge in [0.25, 0.3) is 0 Å². The van der Waals surface area contributed by atoms with E-state index in [2.05, 4.69) is 20.9 Å². The lowest BCUT2D eigenvalue weighted by molar-refractivity contribution is -0.116. The van der Waals surface area contributed by atoms with Gasteiger partial charge in [-0.2, -0.15) is 0 Å². The molecule has 3 N–H and O–H groups in total. The lowest BCUT2D eigenvalue weighted by atomic mass is 9.78. The molecule has 0 fully saturated rings. The molecule has 0 saturated heterocycles. The summed E-state index contributed by atoms with van der Waals surface area (Å²) in [6.45, 7) is 0. The molecular formula is C21H18N4O3. The van der Waals surface area contributed by atoms with Gasteiger partial charge in [0.2, 0.25) is 11.6 Å². The Balaban J connectivity index is 1.61. The van der Waals surface area contributed by atoms with E-state index in [1.165, 1.54) is 0 Å². The fraction of sp³-hybridized carbons (Fsp3) is 0.190. The first kappa shape index (κ1) is 16.6. The van der Waals surface area contributed by atoms with Crippen LogP contribution >= 0.6 is 0 Å². The van der Waals surface area contributed by atoms with Gasteiger partial charge in [0, 0.05) is 17.7 Å². The summed E-state index contributed by atoms with van der Waals surface area (Å²) < 4.78 is 4.87. The summed E-state index contributed by atoms with van der Waals surface area (Å²) in [7, 11) is 0. The van der Waals surface area contributed by atoms with Gasteiger partial charge < -0.3 is 15.7 Å². The number of ketones is 1.